The maximum absolute atomic E-state index is 13.3. The fourth-order valence-corrected chi connectivity index (χ4v) is 4.47. The topological polar surface area (TPSA) is 109 Å². The van der Waals surface area contributed by atoms with E-state index in [2.05, 4.69) is 10.1 Å². The first-order chi connectivity index (χ1) is 16.3. The van der Waals surface area contributed by atoms with E-state index in [4.69, 9.17) is 18.6 Å². The van der Waals surface area contributed by atoms with Gasteiger partial charge >= 0.3 is 12.1 Å². The number of aryl methyl sites for hydroxylation is 1. The van der Waals surface area contributed by atoms with Gasteiger partial charge in [0.25, 0.3) is 0 Å². The fraction of sp³-hybridized carbons (Fsp3) is 0.500. The highest BCUT2D eigenvalue weighted by Gasteiger charge is 2.38. The largest absolute Gasteiger partial charge is 0.460 e. The predicted molar refractivity (Wildman–Crippen MR) is 125 cm³/mol. The van der Waals surface area contributed by atoms with Crippen molar-refractivity contribution in [3.8, 4) is 11.3 Å². The van der Waals surface area contributed by atoms with Gasteiger partial charge in [0.15, 0.2) is 5.58 Å². The zero-order valence-electron chi connectivity index (χ0n) is 20.1. The van der Waals surface area contributed by atoms with Crippen LogP contribution in [-0.2, 0) is 21.3 Å². The van der Waals surface area contributed by atoms with E-state index < -0.39 is 12.1 Å². The van der Waals surface area contributed by atoms with E-state index >= 15 is 0 Å². The molecule has 3 aromatic heterocycles. The molecule has 182 valence electrons. The minimum Gasteiger partial charge on any atom is -0.460 e. The van der Waals surface area contributed by atoms with Crippen LogP contribution < -0.4 is 4.90 Å². The van der Waals surface area contributed by atoms with Gasteiger partial charge in [0.05, 0.1) is 43.5 Å². The number of amides is 1. The Kier molecular flexibility index (Phi) is 6.87. The summed E-state index contributed by atoms with van der Waals surface area (Å²) in [6.45, 7) is 7.75. The molecule has 34 heavy (non-hydrogen) atoms. The zero-order chi connectivity index (χ0) is 24.4. The molecule has 1 saturated heterocycles. The third-order valence-electron chi connectivity index (χ3n) is 5.75. The number of esters is 1. The monoisotopic (exact) mass is 470 g/mol. The molecule has 0 aromatic carbocycles. The molecule has 3 atom stereocenters. The van der Waals surface area contributed by atoms with E-state index in [0.717, 1.165) is 5.56 Å². The average molecular weight is 471 g/mol. The summed E-state index contributed by atoms with van der Waals surface area (Å²) in [5, 5.41) is 4.78. The molecule has 10 heteroatoms. The SMILES string of the molecule is CCOC(=O)c1oc2cnc(-c3cnn(C)c3)cc2c1N(C(=O)OCC)[C@H]1C[C@@H](C)O[C@@H](C)C1. The molecule has 1 aliphatic heterocycles. The van der Waals surface area contributed by atoms with Gasteiger partial charge < -0.3 is 18.6 Å². The van der Waals surface area contributed by atoms with Crippen LogP contribution >= 0.6 is 0 Å². The molecule has 3 aromatic rings. The Hall–Kier alpha value is -3.40. The maximum Gasteiger partial charge on any atom is 0.414 e. The van der Waals surface area contributed by atoms with Gasteiger partial charge in [-0.1, -0.05) is 0 Å². The fourth-order valence-electron chi connectivity index (χ4n) is 4.47. The first-order valence-electron chi connectivity index (χ1n) is 11.5. The molecule has 0 spiro atoms. The number of carbonyl (C=O) groups excluding carboxylic acids is 2. The lowest BCUT2D eigenvalue weighted by Gasteiger charge is -2.38. The molecule has 1 fully saturated rings. The van der Waals surface area contributed by atoms with Crippen LogP contribution in [0, 0.1) is 0 Å². The Labute approximate surface area is 197 Å². The van der Waals surface area contributed by atoms with Crippen molar-refractivity contribution in [2.75, 3.05) is 18.1 Å². The summed E-state index contributed by atoms with van der Waals surface area (Å²) < 4.78 is 24.2. The molecule has 4 heterocycles. The number of furan rings is 1. The van der Waals surface area contributed by atoms with Crippen LogP contribution in [0.4, 0.5) is 10.5 Å². The van der Waals surface area contributed by atoms with Gasteiger partial charge in [-0.25, -0.2) is 9.59 Å². The number of hydrogen-bond donors (Lipinski definition) is 0. The van der Waals surface area contributed by atoms with E-state index in [0.29, 0.717) is 35.2 Å². The standard InChI is InChI=1S/C24H30N4O6/c1-6-31-23(29)22-21(28(24(30)32-7-2)17-8-14(3)33-15(4)9-17)18-10-19(25-12-20(18)34-22)16-11-26-27(5)13-16/h10-15,17H,6-9H2,1-5H3/t14-,15+,17+. The lowest BCUT2D eigenvalue weighted by atomic mass is 9.97. The van der Waals surface area contributed by atoms with Crippen molar-refractivity contribution in [2.45, 2.75) is 58.8 Å². The van der Waals surface area contributed by atoms with Crippen LogP contribution in [0.25, 0.3) is 22.2 Å². The molecule has 0 bridgehead atoms. The molecule has 0 saturated carbocycles. The predicted octanol–water partition coefficient (Wildman–Crippen LogP) is 4.32. The summed E-state index contributed by atoms with van der Waals surface area (Å²) in [6, 6.07) is 1.54. The summed E-state index contributed by atoms with van der Waals surface area (Å²) in [5.41, 5.74) is 2.12. The van der Waals surface area contributed by atoms with Crippen LogP contribution in [0.5, 0.6) is 0 Å². The quantitative estimate of drug-likeness (QED) is 0.490. The van der Waals surface area contributed by atoms with Crippen LogP contribution in [0.3, 0.4) is 0 Å². The van der Waals surface area contributed by atoms with Gasteiger partial charge in [0.2, 0.25) is 5.76 Å². The van der Waals surface area contributed by atoms with Crippen molar-refractivity contribution in [1.29, 1.82) is 0 Å². The molecular weight excluding hydrogens is 440 g/mol. The molecule has 0 aliphatic carbocycles. The van der Waals surface area contributed by atoms with Crippen molar-refractivity contribution in [1.82, 2.24) is 14.8 Å². The third-order valence-corrected chi connectivity index (χ3v) is 5.75. The normalized spacial score (nSPS) is 20.3. The van der Waals surface area contributed by atoms with Crippen molar-refractivity contribution in [3.05, 3.63) is 30.4 Å². The highest BCUT2D eigenvalue weighted by molar-refractivity contribution is 6.10. The molecule has 0 N–H and O–H groups in total. The second kappa shape index (κ2) is 9.84. The van der Waals surface area contributed by atoms with Crippen molar-refractivity contribution in [3.63, 3.8) is 0 Å². The summed E-state index contributed by atoms with van der Waals surface area (Å²) in [5.74, 6) is -0.707. The van der Waals surface area contributed by atoms with Gasteiger partial charge in [-0.05, 0) is 46.6 Å². The Balaban J connectivity index is 1.92. The smallest absolute Gasteiger partial charge is 0.414 e. The highest BCUT2D eigenvalue weighted by Crippen LogP contribution is 2.40. The second-order valence-electron chi connectivity index (χ2n) is 8.42. The summed E-state index contributed by atoms with van der Waals surface area (Å²) in [7, 11) is 1.82. The lowest BCUT2D eigenvalue weighted by molar-refractivity contribution is -0.0374. The van der Waals surface area contributed by atoms with Crippen LogP contribution in [0.1, 0.15) is 51.1 Å². The Bertz CT molecular complexity index is 1180. The van der Waals surface area contributed by atoms with E-state index in [-0.39, 0.29) is 37.2 Å². The van der Waals surface area contributed by atoms with Gasteiger partial charge in [0, 0.05) is 30.2 Å². The van der Waals surface area contributed by atoms with Crippen LogP contribution in [-0.4, -0.2) is 58.3 Å². The summed E-state index contributed by atoms with van der Waals surface area (Å²) in [4.78, 5) is 32.3. The molecule has 0 radical (unpaired) electrons. The highest BCUT2D eigenvalue weighted by atomic mass is 16.6. The second-order valence-corrected chi connectivity index (χ2v) is 8.42. The Morgan fingerprint density at radius 2 is 1.85 bits per heavy atom. The number of ether oxygens (including phenoxy) is 3. The number of carbonyl (C=O) groups is 2. The van der Waals surface area contributed by atoms with Gasteiger partial charge in [0.1, 0.15) is 5.69 Å². The minimum absolute atomic E-state index is 0.0539. The first-order valence-corrected chi connectivity index (χ1v) is 11.5. The number of rotatable bonds is 6. The van der Waals surface area contributed by atoms with E-state index in [9.17, 15) is 9.59 Å². The molecule has 0 unspecified atom stereocenters. The summed E-state index contributed by atoms with van der Waals surface area (Å²) in [6.07, 6.45) is 5.56. The molecule has 1 aliphatic rings. The van der Waals surface area contributed by atoms with Gasteiger partial charge in [-0.2, -0.15) is 5.10 Å². The number of anilines is 1. The number of fused-ring (bicyclic) bond motifs is 1. The third kappa shape index (κ3) is 4.63. The van der Waals surface area contributed by atoms with Crippen molar-refractivity contribution < 1.29 is 28.2 Å². The Morgan fingerprint density at radius 3 is 2.47 bits per heavy atom. The van der Waals surface area contributed by atoms with Crippen molar-refractivity contribution >= 4 is 28.7 Å². The average Bonchev–Trinajstić information content (AvgIpc) is 3.37. The molecular formula is C24H30N4O6. The Morgan fingerprint density at radius 1 is 1.15 bits per heavy atom. The number of nitrogens with zero attached hydrogens (tertiary/aromatic N) is 4. The van der Waals surface area contributed by atoms with Gasteiger partial charge in [-0.3, -0.25) is 14.6 Å². The maximum atomic E-state index is 13.3. The molecule has 10 nitrogen and oxygen atoms in total. The zero-order valence-corrected chi connectivity index (χ0v) is 20.1. The van der Waals surface area contributed by atoms with Crippen LogP contribution in [0.15, 0.2) is 29.1 Å². The minimum atomic E-state index is -0.654. The molecule has 4 rings (SSSR count). The van der Waals surface area contributed by atoms with E-state index in [1.807, 2.05) is 27.1 Å². The van der Waals surface area contributed by atoms with Crippen molar-refractivity contribution in [2.24, 2.45) is 7.05 Å². The van der Waals surface area contributed by atoms with E-state index in [1.54, 1.807) is 37.0 Å². The molecule has 1 amide bonds. The number of pyridine rings is 1. The number of aromatic nitrogens is 3. The lowest BCUT2D eigenvalue weighted by Crippen LogP contribution is -2.48. The van der Waals surface area contributed by atoms with Crippen LogP contribution in [0.2, 0.25) is 0 Å². The van der Waals surface area contributed by atoms with E-state index in [1.165, 1.54) is 4.90 Å². The first kappa shape index (κ1) is 23.7. The summed E-state index contributed by atoms with van der Waals surface area (Å²) >= 11 is 0. The van der Waals surface area contributed by atoms with Gasteiger partial charge in [-0.15, -0.1) is 0 Å². The number of hydrogen-bond acceptors (Lipinski definition) is 8.